The minimum atomic E-state index is 0. The summed E-state index contributed by atoms with van der Waals surface area (Å²) in [6.07, 6.45) is 26.1. The summed E-state index contributed by atoms with van der Waals surface area (Å²) in [5, 5.41) is 1.35. The maximum Gasteiger partial charge on any atom is 3.00 e. The Hall–Kier alpha value is -0.400. The molecule has 4 heteroatoms. The SMILES string of the molecule is C1=CCC2CC[CH-]C2=C1.C1=CCC2CC[CH-]C2=C1.Cl.Cl.[CH3-].[SiH2]c1ccccc1.[Zr+3]. The van der Waals surface area contributed by atoms with E-state index in [1.165, 1.54) is 43.7 Å². The summed E-state index contributed by atoms with van der Waals surface area (Å²) in [6, 6.07) is 10.3. The predicted molar refractivity (Wildman–Crippen MR) is 133 cm³/mol. The number of hydrogen-bond acceptors (Lipinski definition) is 0. The quantitative estimate of drug-likeness (QED) is 0.280. The second kappa shape index (κ2) is 17.3. The molecule has 4 aliphatic carbocycles. The summed E-state index contributed by atoms with van der Waals surface area (Å²) in [5.74, 6) is 1.77. The van der Waals surface area contributed by atoms with Crippen LogP contribution in [-0.4, -0.2) is 10.2 Å². The van der Waals surface area contributed by atoms with Crippen LogP contribution in [0.5, 0.6) is 0 Å². The molecule has 0 aromatic heterocycles. The van der Waals surface area contributed by atoms with Crippen molar-refractivity contribution in [2.75, 3.05) is 0 Å². The minimum Gasteiger partial charge on any atom is -0.358 e. The van der Waals surface area contributed by atoms with Crippen LogP contribution in [0.3, 0.4) is 0 Å². The van der Waals surface area contributed by atoms with E-state index in [-0.39, 0.29) is 58.4 Å². The molecule has 2 saturated carbocycles. The maximum atomic E-state index is 2.37. The fourth-order valence-corrected chi connectivity index (χ4v) is 4.08. The van der Waals surface area contributed by atoms with E-state index in [2.05, 4.69) is 61.4 Å². The fraction of sp³-hybridized carbons (Fsp3) is 0.320. The van der Waals surface area contributed by atoms with E-state index >= 15 is 0 Å². The molecule has 5 rings (SSSR count). The van der Waals surface area contributed by atoms with Crippen LogP contribution >= 0.6 is 24.8 Å². The van der Waals surface area contributed by atoms with Gasteiger partial charge in [-0.2, -0.15) is 0 Å². The van der Waals surface area contributed by atoms with Gasteiger partial charge in [0.2, 0.25) is 0 Å². The summed E-state index contributed by atoms with van der Waals surface area (Å²) < 4.78 is 0. The molecule has 0 heterocycles. The van der Waals surface area contributed by atoms with Crippen LogP contribution in [0.25, 0.3) is 0 Å². The van der Waals surface area contributed by atoms with Gasteiger partial charge in [-0.3, -0.25) is 0 Å². The Kier molecular flexibility index (Phi) is 18.4. The largest absolute Gasteiger partial charge is 3.00 e. The first-order valence-electron chi connectivity index (χ1n) is 9.60. The van der Waals surface area contributed by atoms with Gasteiger partial charge >= 0.3 is 26.2 Å². The molecule has 2 unspecified atom stereocenters. The van der Waals surface area contributed by atoms with E-state index < -0.39 is 0 Å². The zero-order chi connectivity index (χ0) is 17.3. The maximum absolute atomic E-state index is 2.37. The molecule has 0 N–H and O–H groups in total. The number of hydrogen-bond donors (Lipinski definition) is 0. The van der Waals surface area contributed by atoms with Crippen LogP contribution in [0.2, 0.25) is 0 Å². The average molecular weight is 525 g/mol. The van der Waals surface area contributed by atoms with Crippen molar-refractivity contribution in [3.63, 3.8) is 0 Å². The first-order chi connectivity index (χ1) is 12.3. The van der Waals surface area contributed by atoms with Crippen molar-refractivity contribution >= 4 is 40.2 Å². The van der Waals surface area contributed by atoms with Crippen molar-refractivity contribution in [3.05, 3.63) is 98.2 Å². The summed E-state index contributed by atoms with van der Waals surface area (Å²) in [7, 11) is 1.90. The average Bonchev–Trinajstić information content (AvgIpc) is 3.32. The van der Waals surface area contributed by atoms with Crippen LogP contribution in [0.15, 0.2) is 77.9 Å². The van der Waals surface area contributed by atoms with Crippen LogP contribution in [-0.2, 0) is 26.2 Å². The van der Waals surface area contributed by atoms with Crippen molar-refractivity contribution in [1.29, 1.82) is 0 Å². The number of fused-ring (bicyclic) bond motifs is 2. The number of halogens is 2. The van der Waals surface area contributed by atoms with E-state index in [0.29, 0.717) is 0 Å². The molecular weight excluding hydrogens is 490 g/mol. The number of allylic oxidation sites excluding steroid dienone is 8. The first-order valence-corrected chi connectivity index (χ1v) is 10.3. The van der Waals surface area contributed by atoms with Crippen LogP contribution in [0.1, 0.15) is 38.5 Å². The Morgan fingerprint density at radius 2 is 1.21 bits per heavy atom. The van der Waals surface area contributed by atoms with E-state index in [0.717, 1.165) is 11.8 Å². The molecule has 156 valence electrons. The Labute approximate surface area is 213 Å². The molecule has 0 nitrogen and oxygen atoms in total. The molecule has 29 heavy (non-hydrogen) atoms. The molecule has 0 saturated heterocycles. The summed E-state index contributed by atoms with van der Waals surface area (Å²) in [4.78, 5) is 0. The third-order valence-electron chi connectivity index (χ3n) is 5.27. The van der Waals surface area contributed by atoms with E-state index in [1.54, 1.807) is 11.1 Å². The van der Waals surface area contributed by atoms with Gasteiger partial charge in [0, 0.05) is 10.2 Å². The van der Waals surface area contributed by atoms with Gasteiger partial charge in [0.25, 0.3) is 0 Å². The standard InChI is InChI=1S/2C9H11.C6H7Si.CH3.2ClH.Zr/c2*1-2-5-9-7-3-6-8(9)4-1;7-6-4-2-1-3-5-6;;;;/h2*1-2,4,6,9H,3,5,7H2;1-5H,7H2;1H3;2*1H;/q2*-1;;-1;;;+3. The third-order valence-corrected chi connectivity index (χ3v) is 5.74. The number of rotatable bonds is 0. The van der Waals surface area contributed by atoms with Gasteiger partial charge in [0.1, 0.15) is 0 Å². The molecule has 0 amide bonds. The number of benzene rings is 1. The van der Waals surface area contributed by atoms with Crippen LogP contribution in [0, 0.1) is 32.1 Å². The van der Waals surface area contributed by atoms with Crippen molar-refractivity contribution in [2.45, 2.75) is 38.5 Å². The van der Waals surface area contributed by atoms with E-state index in [1.807, 2.05) is 28.4 Å². The molecular formula is C25H34Cl2SiZr. The van der Waals surface area contributed by atoms with Gasteiger partial charge in [0.05, 0.1) is 0 Å². The first kappa shape index (κ1) is 30.8. The molecule has 1 aromatic rings. The third kappa shape index (κ3) is 10.5. The second-order valence-corrected chi connectivity index (χ2v) is 7.92. The Bertz CT molecular complexity index is 625. The van der Waals surface area contributed by atoms with E-state index in [4.69, 9.17) is 0 Å². The zero-order valence-corrected chi connectivity index (χ0v) is 22.9. The van der Waals surface area contributed by atoms with Gasteiger partial charge in [-0.05, 0) is 24.7 Å². The van der Waals surface area contributed by atoms with Gasteiger partial charge in [-0.15, -0.1) is 62.0 Å². The van der Waals surface area contributed by atoms with E-state index in [9.17, 15) is 0 Å². The Balaban J connectivity index is 0. The predicted octanol–water partition coefficient (Wildman–Crippen LogP) is 6.21. The van der Waals surface area contributed by atoms with Gasteiger partial charge in [-0.1, -0.05) is 48.4 Å². The van der Waals surface area contributed by atoms with Crippen molar-refractivity contribution in [3.8, 4) is 0 Å². The van der Waals surface area contributed by atoms with Crippen molar-refractivity contribution < 1.29 is 26.2 Å². The summed E-state index contributed by atoms with van der Waals surface area (Å²) in [5.41, 5.74) is 3.16. The normalized spacial score (nSPS) is 21.4. The molecule has 4 aliphatic rings. The van der Waals surface area contributed by atoms with Crippen molar-refractivity contribution in [2.24, 2.45) is 11.8 Å². The fourth-order valence-electron chi connectivity index (χ4n) is 3.81. The van der Waals surface area contributed by atoms with Gasteiger partial charge in [0.15, 0.2) is 0 Å². The Morgan fingerprint density at radius 1 is 0.759 bits per heavy atom. The summed E-state index contributed by atoms with van der Waals surface area (Å²) in [6.45, 7) is 0. The molecule has 2 atom stereocenters. The zero-order valence-electron chi connectivity index (χ0n) is 17.4. The minimum absolute atomic E-state index is 0. The topological polar surface area (TPSA) is 0 Å². The monoisotopic (exact) mass is 522 g/mol. The molecule has 0 aliphatic heterocycles. The van der Waals surface area contributed by atoms with Crippen LogP contribution in [0.4, 0.5) is 0 Å². The molecule has 2 fully saturated rings. The smallest absolute Gasteiger partial charge is 0.358 e. The van der Waals surface area contributed by atoms with Gasteiger partial charge < -0.3 is 7.43 Å². The molecule has 0 bridgehead atoms. The second-order valence-electron chi connectivity index (χ2n) is 7.10. The summed E-state index contributed by atoms with van der Waals surface area (Å²) >= 11 is 0. The van der Waals surface area contributed by atoms with Crippen molar-refractivity contribution in [1.82, 2.24) is 0 Å². The molecule has 1 aromatic carbocycles. The van der Waals surface area contributed by atoms with Crippen LogP contribution < -0.4 is 5.19 Å². The molecule has 2 radical (unpaired) electrons. The van der Waals surface area contributed by atoms with Gasteiger partial charge in [-0.25, -0.2) is 36.1 Å². The molecule has 0 spiro atoms. The Morgan fingerprint density at radius 3 is 1.55 bits per heavy atom.